The van der Waals surface area contributed by atoms with Crippen LogP contribution in [0, 0.1) is 27.7 Å². The molecule has 1 aliphatic rings. The maximum absolute atomic E-state index is 12.8. The molecular formula is C21H24N2O3. The molecule has 0 saturated heterocycles. The predicted molar refractivity (Wildman–Crippen MR) is 103 cm³/mol. The summed E-state index contributed by atoms with van der Waals surface area (Å²) in [5.41, 5.74) is 6.98. The van der Waals surface area contributed by atoms with E-state index in [1.165, 1.54) is 0 Å². The Morgan fingerprint density at radius 2 is 1.65 bits per heavy atom. The minimum Gasteiger partial charge on any atom is -0.493 e. The maximum Gasteiger partial charge on any atom is 0.253 e. The van der Waals surface area contributed by atoms with Gasteiger partial charge in [0.15, 0.2) is 11.5 Å². The van der Waals surface area contributed by atoms with E-state index in [0.717, 1.165) is 33.5 Å². The molecule has 1 aromatic heterocycles. The number of hydrogen-bond acceptors (Lipinski definition) is 4. The van der Waals surface area contributed by atoms with Crippen molar-refractivity contribution in [3.8, 4) is 11.5 Å². The Morgan fingerprint density at radius 3 is 2.31 bits per heavy atom. The smallest absolute Gasteiger partial charge is 0.253 e. The second kappa shape index (κ2) is 6.83. The first-order chi connectivity index (χ1) is 12.3. The van der Waals surface area contributed by atoms with E-state index >= 15 is 0 Å². The Bertz CT molecular complexity index is 930. The van der Waals surface area contributed by atoms with Crippen molar-refractivity contribution >= 4 is 17.8 Å². The van der Waals surface area contributed by atoms with Crippen molar-refractivity contribution in [2.75, 3.05) is 19.5 Å². The molecule has 0 spiro atoms. The molecule has 1 N–H and O–H groups in total. The van der Waals surface area contributed by atoms with Crippen molar-refractivity contribution in [1.82, 2.24) is 4.98 Å². The van der Waals surface area contributed by atoms with E-state index in [4.69, 9.17) is 9.47 Å². The van der Waals surface area contributed by atoms with E-state index in [1.54, 1.807) is 14.2 Å². The number of aryl methyl sites for hydroxylation is 1. The fourth-order valence-corrected chi connectivity index (χ4v) is 3.19. The second-order valence-corrected chi connectivity index (χ2v) is 6.63. The zero-order chi connectivity index (χ0) is 19.0. The van der Waals surface area contributed by atoms with E-state index in [0.29, 0.717) is 29.3 Å². The summed E-state index contributed by atoms with van der Waals surface area (Å²) in [5.74, 6) is 1.83. The van der Waals surface area contributed by atoms with Crippen LogP contribution in [0.1, 0.15) is 33.5 Å². The number of ether oxygens (including phenoxy) is 2. The number of anilines is 1. The third kappa shape index (κ3) is 3.05. The van der Waals surface area contributed by atoms with Gasteiger partial charge in [0.1, 0.15) is 5.82 Å². The molecule has 136 valence electrons. The lowest BCUT2D eigenvalue weighted by Crippen LogP contribution is -2.17. The summed E-state index contributed by atoms with van der Waals surface area (Å²) in [7, 11) is 3.21. The molecule has 0 aliphatic heterocycles. The van der Waals surface area contributed by atoms with E-state index in [-0.39, 0.29) is 5.91 Å². The van der Waals surface area contributed by atoms with Gasteiger partial charge in [-0.05, 0) is 73.7 Å². The number of carbonyl (C=O) groups is 1. The summed E-state index contributed by atoms with van der Waals surface area (Å²) in [6.07, 6.45) is 2.46. The second-order valence-electron chi connectivity index (χ2n) is 6.63. The Balaban J connectivity index is 1.86. The Morgan fingerprint density at radius 1 is 1.00 bits per heavy atom. The number of pyridine rings is 1. The van der Waals surface area contributed by atoms with Crippen LogP contribution in [0.25, 0.3) is 6.08 Å². The Hall–Kier alpha value is -2.82. The molecule has 1 amide bonds. The highest BCUT2D eigenvalue weighted by molar-refractivity contribution is 6.08. The number of nitrogens with zero attached hydrogens (tertiary/aromatic N) is 1. The van der Waals surface area contributed by atoms with Crippen molar-refractivity contribution in [2.45, 2.75) is 34.1 Å². The first kappa shape index (κ1) is 18.0. The fraction of sp³-hybridized carbons (Fsp3) is 0.333. The topological polar surface area (TPSA) is 60.5 Å². The zero-order valence-electron chi connectivity index (χ0n) is 16.1. The molecule has 0 atom stereocenters. The minimum absolute atomic E-state index is 0.127. The van der Waals surface area contributed by atoms with E-state index in [9.17, 15) is 4.79 Å². The van der Waals surface area contributed by atoms with Crippen LogP contribution in [-0.2, 0) is 11.2 Å². The van der Waals surface area contributed by atoms with Crippen molar-refractivity contribution in [2.24, 2.45) is 0 Å². The molecule has 3 rings (SSSR count). The number of benzene rings is 1. The van der Waals surface area contributed by atoms with E-state index in [1.807, 2.05) is 39.0 Å². The molecule has 1 heterocycles. The molecule has 0 unspecified atom stereocenters. The van der Waals surface area contributed by atoms with Crippen LogP contribution >= 0.6 is 0 Å². The Labute approximate surface area is 154 Å². The largest absolute Gasteiger partial charge is 0.493 e. The lowest BCUT2D eigenvalue weighted by Gasteiger charge is -2.14. The predicted octanol–water partition coefficient (Wildman–Crippen LogP) is 3.91. The zero-order valence-corrected chi connectivity index (χ0v) is 16.1. The fourth-order valence-electron chi connectivity index (χ4n) is 3.19. The van der Waals surface area contributed by atoms with Crippen molar-refractivity contribution < 1.29 is 14.3 Å². The molecule has 5 heteroatoms. The van der Waals surface area contributed by atoms with Gasteiger partial charge in [0.05, 0.1) is 14.2 Å². The van der Waals surface area contributed by atoms with Gasteiger partial charge in [-0.1, -0.05) is 0 Å². The van der Waals surface area contributed by atoms with Crippen molar-refractivity contribution in [1.29, 1.82) is 0 Å². The monoisotopic (exact) mass is 352 g/mol. The summed E-state index contributed by atoms with van der Waals surface area (Å²) in [6.45, 7) is 8.05. The minimum atomic E-state index is -0.127. The number of hydrogen-bond donors (Lipinski definition) is 1. The Kier molecular flexibility index (Phi) is 4.72. The normalized spacial score (nSPS) is 12.5. The van der Waals surface area contributed by atoms with Crippen LogP contribution in [-0.4, -0.2) is 25.1 Å². The average Bonchev–Trinajstić information content (AvgIpc) is 3.06. The highest BCUT2D eigenvalue weighted by Crippen LogP contribution is 2.36. The van der Waals surface area contributed by atoms with Crippen LogP contribution in [0.15, 0.2) is 17.7 Å². The van der Waals surface area contributed by atoms with E-state index in [2.05, 4.69) is 17.2 Å². The van der Waals surface area contributed by atoms with Crippen LogP contribution < -0.4 is 14.8 Å². The first-order valence-corrected chi connectivity index (χ1v) is 8.57. The molecule has 1 aliphatic carbocycles. The number of carbonyl (C=O) groups excluding carboxylic acids is 1. The van der Waals surface area contributed by atoms with Gasteiger partial charge < -0.3 is 14.8 Å². The van der Waals surface area contributed by atoms with Crippen LogP contribution in [0.3, 0.4) is 0 Å². The molecule has 1 aromatic carbocycles. The van der Waals surface area contributed by atoms with Gasteiger partial charge in [0.25, 0.3) is 5.91 Å². The van der Waals surface area contributed by atoms with Gasteiger partial charge >= 0.3 is 0 Å². The lowest BCUT2D eigenvalue weighted by molar-refractivity contribution is -0.112. The molecule has 0 bridgehead atoms. The molecule has 5 nitrogen and oxygen atoms in total. The van der Waals surface area contributed by atoms with Crippen LogP contribution in [0.5, 0.6) is 11.5 Å². The van der Waals surface area contributed by atoms with Gasteiger partial charge in [-0.15, -0.1) is 0 Å². The quantitative estimate of drug-likeness (QED) is 0.906. The number of nitrogens with one attached hydrogen (secondary N) is 1. The molecular weight excluding hydrogens is 328 g/mol. The lowest BCUT2D eigenvalue weighted by atomic mass is 10.0. The number of methoxy groups -OCH3 is 2. The molecule has 0 radical (unpaired) electrons. The van der Waals surface area contributed by atoms with Crippen molar-refractivity contribution in [3.05, 3.63) is 51.2 Å². The first-order valence-electron chi connectivity index (χ1n) is 8.57. The van der Waals surface area contributed by atoms with Crippen molar-refractivity contribution in [3.63, 3.8) is 0 Å². The third-order valence-electron chi connectivity index (χ3n) is 5.18. The number of rotatable bonds is 4. The van der Waals surface area contributed by atoms with Crippen LogP contribution in [0.4, 0.5) is 5.82 Å². The average molecular weight is 352 g/mol. The third-order valence-corrected chi connectivity index (χ3v) is 5.18. The van der Waals surface area contributed by atoms with Crippen LogP contribution in [0.2, 0.25) is 0 Å². The maximum atomic E-state index is 12.8. The summed E-state index contributed by atoms with van der Waals surface area (Å²) in [4.78, 5) is 17.3. The van der Waals surface area contributed by atoms with Gasteiger partial charge in [0.2, 0.25) is 0 Å². The molecule has 0 saturated carbocycles. The number of amides is 1. The van der Waals surface area contributed by atoms with Gasteiger partial charge in [-0.25, -0.2) is 4.98 Å². The molecule has 0 fully saturated rings. The molecule has 2 aromatic rings. The highest BCUT2D eigenvalue weighted by Gasteiger charge is 2.22. The number of aromatic nitrogens is 1. The van der Waals surface area contributed by atoms with Gasteiger partial charge in [-0.2, -0.15) is 0 Å². The summed E-state index contributed by atoms with van der Waals surface area (Å²) in [5, 5.41) is 2.97. The highest BCUT2D eigenvalue weighted by atomic mass is 16.5. The summed E-state index contributed by atoms with van der Waals surface area (Å²) in [6, 6.07) is 3.83. The SMILES string of the molecule is COc1cc2c(cc1OC)CC(C(=O)Nc1nc(C)c(C)c(C)c1C)=C2. The summed E-state index contributed by atoms with van der Waals surface area (Å²) >= 11 is 0. The van der Waals surface area contributed by atoms with Gasteiger partial charge in [-0.3, -0.25) is 4.79 Å². The standard InChI is InChI=1S/C21H24N2O3/c1-11-12(2)14(4)22-20(13(11)3)23-21(24)17-7-15-9-18(25-5)19(26-6)10-16(15)8-17/h7,9-10H,8H2,1-6H3,(H,22,23,24). The summed E-state index contributed by atoms with van der Waals surface area (Å²) < 4.78 is 10.7. The molecule has 26 heavy (non-hydrogen) atoms. The number of fused-ring (bicyclic) bond motifs is 1. The van der Waals surface area contributed by atoms with E-state index < -0.39 is 0 Å². The van der Waals surface area contributed by atoms with Gasteiger partial charge in [0, 0.05) is 17.7 Å².